The van der Waals surface area contributed by atoms with E-state index in [1.807, 2.05) is 0 Å². The minimum Gasteiger partial charge on any atom is -0.406 e. The number of nitrogens with one attached hydrogen (secondary N) is 2. The van der Waals surface area contributed by atoms with Gasteiger partial charge in [-0.25, -0.2) is 4.39 Å². The van der Waals surface area contributed by atoms with Crippen LogP contribution in [0.3, 0.4) is 0 Å². The Bertz CT molecular complexity index is 565. The molecule has 1 fully saturated rings. The Labute approximate surface area is 117 Å². The van der Waals surface area contributed by atoms with E-state index >= 15 is 0 Å². The number of para-hydroxylation sites is 1. The molecule has 1 aromatic heterocycles. The van der Waals surface area contributed by atoms with Crippen molar-refractivity contribution in [3.63, 3.8) is 0 Å². The molecule has 0 saturated heterocycles. The molecule has 1 aliphatic carbocycles. The van der Waals surface area contributed by atoms with Crippen LogP contribution < -0.4 is 10.6 Å². The number of anilines is 2. The van der Waals surface area contributed by atoms with E-state index in [2.05, 4.69) is 36.8 Å². The molecule has 5 nitrogen and oxygen atoms in total. The van der Waals surface area contributed by atoms with Crippen molar-refractivity contribution in [2.75, 3.05) is 5.32 Å². The first kappa shape index (κ1) is 12.6. The van der Waals surface area contributed by atoms with E-state index < -0.39 is 0 Å². The van der Waals surface area contributed by atoms with E-state index in [9.17, 15) is 4.39 Å². The second-order valence-corrected chi connectivity index (χ2v) is 5.23. The van der Waals surface area contributed by atoms with Gasteiger partial charge in [0.2, 0.25) is 5.89 Å². The van der Waals surface area contributed by atoms with Gasteiger partial charge < -0.3 is 15.1 Å². The molecule has 2 aromatic rings. The van der Waals surface area contributed by atoms with E-state index in [0.29, 0.717) is 23.0 Å². The van der Waals surface area contributed by atoms with E-state index in [4.69, 9.17) is 4.42 Å². The summed E-state index contributed by atoms with van der Waals surface area (Å²) < 4.78 is 19.6. The normalized spacial score (nSPS) is 14.6. The zero-order valence-electron chi connectivity index (χ0n) is 9.99. The van der Waals surface area contributed by atoms with Gasteiger partial charge in [0.15, 0.2) is 0 Å². The van der Waals surface area contributed by atoms with Gasteiger partial charge in [0, 0.05) is 10.5 Å². The number of nitrogens with zero attached hydrogens (tertiary/aromatic N) is 2. The first-order valence-corrected chi connectivity index (χ1v) is 6.78. The van der Waals surface area contributed by atoms with Crippen LogP contribution in [0.1, 0.15) is 18.7 Å². The van der Waals surface area contributed by atoms with E-state index in [-0.39, 0.29) is 17.5 Å². The van der Waals surface area contributed by atoms with Gasteiger partial charge in [-0.05, 0) is 40.9 Å². The maximum absolute atomic E-state index is 13.6. The quantitative estimate of drug-likeness (QED) is 0.884. The average molecular weight is 327 g/mol. The van der Waals surface area contributed by atoms with Crippen molar-refractivity contribution in [2.45, 2.75) is 25.4 Å². The van der Waals surface area contributed by atoms with Crippen molar-refractivity contribution in [3.8, 4) is 0 Å². The summed E-state index contributed by atoms with van der Waals surface area (Å²) >= 11 is 3.26. The molecule has 0 unspecified atom stereocenters. The van der Waals surface area contributed by atoms with E-state index in [1.54, 1.807) is 12.1 Å². The Morgan fingerprint density at radius 2 is 2.21 bits per heavy atom. The van der Waals surface area contributed by atoms with Crippen molar-refractivity contribution < 1.29 is 8.81 Å². The average Bonchev–Trinajstić information content (AvgIpc) is 3.11. The topological polar surface area (TPSA) is 63.0 Å². The fourth-order valence-corrected chi connectivity index (χ4v) is 2.06. The summed E-state index contributed by atoms with van der Waals surface area (Å²) in [5.74, 6) is 0.104. The van der Waals surface area contributed by atoms with Crippen molar-refractivity contribution in [2.24, 2.45) is 0 Å². The molecule has 0 aliphatic heterocycles. The third-order valence-corrected chi connectivity index (χ3v) is 3.44. The molecule has 19 heavy (non-hydrogen) atoms. The van der Waals surface area contributed by atoms with Crippen molar-refractivity contribution in [1.82, 2.24) is 15.5 Å². The Kier molecular flexibility index (Phi) is 3.48. The minimum atomic E-state index is -0.384. The number of benzene rings is 1. The predicted molar refractivity (Wildman–Crippen MR) is 71.5 cm³/mol. The molecule has 0 radical (unpaired) electrons. The number of halogens is 2. The first-order valence-electron chi connectivity index (χ1n) is 5.99. The molecule has 1 aliphatic rings. The maximum Gasteiger partial charge on any atom is 0.320 e. The summed E-state index contributed by atoms with van der Waals surface area (Å²) in [7, 11) is 0. The summed E-state index contributed by atoms with van der Waals surface area (Å²) in [6, 6.07) is 5.46. The lowest BCUT2D eigenvalue weighted by atomic mass is 10.3. The van der Waals surface area contributed by atoms with Gasteiger partial charge >= 0.3 is 6.01 Å². The lowest BCUT2D eigenvalue weighted by Crippen LogP contribution is -2.15. The number of aromatic nitrogens is 2. The SMILES string of the molecule is Fc1cccc(Br)c1Nc1nnc(CNC2CC2)o1. The van der Waals surface area contributed by atoms with Crippen LogP contribution in [0.5, 0.6) is 0 Å². The Morgan fingerprint density at radius 1 is 1.37 bits per heavy atom. The Morgan fingerprint density at radius 3 is 2.95 bits per heavy atom. The summed E-state index contributed by atoms with van der Waals surface area (Å²) in [5, 5.41) is 13.8. The third kappa shape index (κ3) is 3.10. The van der Waals surface area contributed by atoms with Crippen LogP contribution >= 0.6 is 15.9 Å². The smallest absolute Gasteiger partial charge is 0.320 e. The second kappa shape index (κ2) is 5.26. The molecule has 3 rings (SSSR count). The minimum absolute atomic E-state index is 0.179. The highest BCUT2D eigenvalue weighted by Gasteiger charge is 2.21. The summed E-state index contributed by atoms with van der Waals surface area (Å²) in [6.07, 6.45) is 2.39. The molecule has 1 aromatic carbocycles. The predicted octanol–water partition coefficient (Wildman–Crippen LogP) is 2.97. The second-order valence-electron chi connectivity index (χ2n) is 4.38. The van der Waals surface area contributed by atoms with Crippen LogP contribution in [0.4, 0.5) is 16.1 Å². The van der Waals surface area contributed by atoms with Gasteiger partial charge in [-0.3, -0.25) is 0 Å². The molecule has 1 saturated carbocycles. The van der Waals surface area contributed by atoms with Crippen LogP contribution in [0.15, 0.2) is 27.1 Å². The molecule has 7 heteroatoms. The summed E-state index contributed by atoms with van der Waals surface area (Å²) in [5.41, 5.74) is 0.285. The standard InChI is InChI=1S/C12H12BrFN4O/c13-8-2-1-3-9(14)11(8)16-12-18-17-10(19-12)6-15-7-4-5-7/h1-3,7,15H,4-6H2,(H,16,18). The molecule has 2 N–H and O–H groups in total. The van der Waals surface area contributed by atoms with E-state index in [0.717, 1.165) is 0 Å². The summed E-state index contributed by atoms with van der Waals surface area (Å²) in [6.45, 7) is 0.539. The molecule has 0 atom stereocenters. The molecule has 0 amide bonds. The van der Waals surface area contributed by atoms with Crippen molar-refractivity contribution >= 4 is 27.6 Å². The largest absolute Gasteiger partial charge is 0.406 e. The molecular weight excluding hydrogens is 315 g/mol. The van der Waals surface area contributed by atoms with Crippen LogP contribution in [-0.4, -0.2) is 16.2 Å². The van der Waals surface area contributed by atoms with E-state index in [1.165, 1.54) is 18.9 Å². The molecule has 0 bridgehead atoms. The van der Waals surface area contributed by atoms with Gasteiger partial charge in [0.1, 0.15) is 5.82 Å². The van der Waals surface area contributed by atoms with Gasteiger partial charge in [0.05, 0.1) is 12.2 Å². The Balaban J connectivity index is 1.68. The lowest BCUT2D eigenvalue weighted by molar-refractivity contribution is 0.478. The number of rotatable bonds is 5. The zero-order chi connectivity index (χ0) is 13.2. The highest BCUT2D eigenvalue weighted by atomic mass is 79.9. The molecular formula is C12H12BrFN4O. The molecule has 1 heterocycles. The third-order valence-electron chi connectivity index (χ3n) is 2.78. The fraction of sp³-hybridized carbons (Fsp3) is 0.333. The molecule has 0 spiro atoms. The van der Waals surface area contributed by atoms with Crippen molar-refractivity contribution in [3.05, 3.63) is 34.4 Å². The highest BCUT2D eigenvalue weighted by Crippen LogP contribution is 2.28. The van der Waals surface area contributed by atoms with Gasteiger partial charge in [-0.2, -0.15) is 0 Å². The van der Waals surface area contributed by atoms with Gasteiger partial charge in [-0.1, -0.05) is 11.2 Å². The van der Waals surface area contributed by atoms with Crippen LogP contribution in [-0.2, 0) is 6.54 Å². The summed E-state index contributed by atoms with van der Waals surface area (Å²) in [4.78, 5) is 0. The monoisotopic (exact) mass is 326 g/mol. The molecule has 100 valence electrons. The maximum atomic E-state index is 13.6. The zero-order valence-corrected chi connectivity index (χ0v) is 11.6. The van der Waals surface area contributed by atoms with Gasteiger partial charge in [-0.15, -0.1) is 5.10 Å². The highest BCUT2D eigenvalue weighted by molar-refractivity contribution is 9.10. The van der Waals surface area contributed by atoms with Crippen LogP contribution in [0, 0.1) is 5.82 Å². The van der Waals surface area contributed by atoms with Crippen LogP contribution in [0.25, 0.3) is 0 Å². The lowest BCUT2D eigenvalue weighted by Gasteiger charge is -2.04. The Hall–Kier alpha value is -1.47. The van der Waals surface area contributed by atoms with Crippen LogP contribution in [0.2, 0.25) is 0 Å². The number of hydrogen-bond acceptors (Lipinski definition) is 5. The fourth-order valence-electron chi connectivity index (χ4n) is 1.62. The first-order chi connectivity index (χ1) is 9.22. The van der Waals surface area contributed by atoms with Gasteiger partial charge in [0.25, 0.3) is 0 Å². The van der Waals surface area contributed by atoms with Crippen molar-refractivity contribution in [1.29, 1.82) is 0 Å². The number of hydrogen-bond donors (Lipinski definition) is 2.